The van der Waals surface area contributed by atoms with Gasteiger partial charge >= 0.3 is 0 Å². The van der Waals surface area contributed by atoms with E-state index in [1.54, 1.807) is 20.8 Å². The van der Waals surface area contributed by atoms with Crippen molar-refractivity contribution in [1.29, 1.82) is 0 Å². The van der Waals surface area contributed by atoms with Gasteiger partial charge in [-0.2, -0.15) is 17.9 Å². The Hall–Kier alpha value is -0.170. The highest BCUT2D eigenvalue weighted by Crippen LogP contribution is 2.18. The number of hydrogen-bond acceptors (Lipinski definition) is 3. The topological polar surface area (TPSA) is 84.2 Å². The summed E-state index contributed by atoms with van der Waals surface area (Å²) < 4.78 is 28.1. The highest BCUT2D eigenvalue weighted by atomic mass is 32.2. The van der Waals surface area contributed by atoms with E-state index in [2.05, 4.69) is 9.44 Å². The zero-order valence-electron chi connectivity index (χ0n) is 8.87. The molecule has 0 amide bonds. The second kappa shape index (κ2) is 3.77. The van der Waals surface area contributed by atoms with Crippen LogP contribution in [0, 0.1) is 0 Å². The molecule has 1 saturated carbocycles. The van der Waals surface area contributed by atoms with Crippen molar-refractivity contribution < 1.29 is 8.42 Å². The van der Waals surface area contributed by atoms with Gasteiger partial charge in [0.05, 0.1) is 0 Å². The van der Waals surface area contributed by atoms with E-state index < -0.39 is 15.7 Å². The standard InChI is InChI=1S/C8H19N3O2S/c1-8(2,3)11-14(12,13)10-7-4-6(9)5-7/h6-7,10-11H,4-5,9H2,1-3H3. The Balaban J connectivity index is 2.43. The predicted molar refractivity (Wildman–Crippen MR) is 55.9 cm³/mol. The SMILES string of the molecule is CC(C)(C)NS(=O)(=O)NC1CC(N)C1. The highest BCUT2D eigenvalue weighted by molar-refractivity contribution is 7.87. The number of rotatable bonds is 3. The van der Waals surface area contributed by atoms with Crippen molar-refractivity contribution in [1.82, 2.24) is 9.44 Å². The summed E-state index contributed by atoms with van der Waals surface area (Å²) in [4.78, 5) is 0. The third-order valence-corrected chi connectivity index (χ3v) is 3.46. The second-order valence-electron chi connectivity index (χ2n) is 4.90. The normalized spacial score (nSPS) is 28.6. The van der Waals surface area contributed by atoms with Crippen molar-refractivity contribution in [3.05, 3.63) is 0 Å². The van der Waals surface area contributed by atoms with Crippen molar-refractivity contribution in [2.45, 2.75) is 51.2 Å². The molecule has 5 nitrogen and oxygen atoms in total. The van der Waals surface area contributed by atoms with Gasteiger partial charge in [-0.25, -0.2) is 0 Å². The lowest BCUT2D eigenvalue weighted by atomic mass is 9.89. The van der Waals surface area contributed by atoms with Gasteiger partial charge in [-0.3, -0.25) is 0 Å². The van der Waals surface area contributed by atoms with Gasteiger partial charge in [0, 0.05) is 17.6 Å². The quantitative estimate of drug-likeness (QED) is 0.611. The van der Waals surface area contributed by atoms with Gasteiger partial charge in [0.25, 0.3) is 10.2 Å². The molecule has 0 saturated heterocycles. The molecule has 0 atom stereocenters. The van der Waals surface area contributed by atoms with Crippen LogP contribution < -0.4 is 15.2 Å². The molecule has 0 heterocycles. The zero-order valence-corrected chi connectivity index (χ0v) is 9.69. The third kappa shape index (κ3) is 3.91. The van der Waals surface area contributed by atoms with Crippen molar-refractivity contribution in [2.75, 3.05) is 0 Å². The van der Waals surface area contributed by atoms with Gasteiger partial charge in [0.15, 0.2) is 0 Å². The fourth-order valence-electron chi connectivity index (χ4n) is 1.41. The van der Waals surface area contributed by atoms with Crippen LogP contribution in [0.2, 0.25) is 0 Å². The minimum absolute atomic E-state index is 0.00449. The zero-order chi connectivity index (χ0) is 11.0. The Bertz CT molecular complexity index is 288. The lowest BCUT2D eigenvalue weighted by Gasteiger charge is -2.33. The lowest BCUT2D eigenvalue weighted by molar-refractivity contribution is 0.323. The van der Waals surface area contributed by atoms with E-state index in [0.717, 1.165) is 12.8 Å². The van der Waals surface area contributed by atoms with Crippen molar-refractivity contribution in [3.8, 4) is 0 Å². The monoisotopic (exact) mass is 221 g/mol. The van der Waals surface area contributed by atoms with Crippen LogP contribution >= 0.6 is 0 Å². The van der Waals surface area contributed by atoms with E-state index in [4.69, 9.17) is 5.73 Å². The van der Waals surface area contributed by atoms with Crippen molar-refractivity contribution in [2.24, 2.45) is 5.73 Å². The molecule has 0 radical (unpaired) electrons. The Labute approximate surface area is 85.6 Å². The van der Waals surface area contributed by atoms with Gasteiger partial charge in [0.2, 0.25) is 0 Å². The molecule has 1 aliphatic carbocycles. The average Bonchev–Trinajstić information content (AvgIpc) is 1.76. The smallest absolute Gasteiger partial charge is 0.277 e. The summed E-state index contributed by atoms with van der Waals surface area (Å²) in [6.45, 7) is 5.41. The van der Waals surface area contributed by atoms with Crippen LogP contribution in [0.5, 0.6) is 0 Å². The summed E-state index contributed by atoms with van der Waals surface area (Å²) in [5.74, 6) is 0. The molecule has 1 aliphatic rings. The molecule has 0 bridgehead atoms. The molecule has 6 heteroatoms. The maximum absolute atomic E-state index is 11.5. The summed E-state index contributed by atoms with van der Waals surface area (Å²) >= 11 is 0. The molecular weight excluding hydrogens is 202 g/mol. The average molecular weight is 221 g/mol. The Morgan fingerprint density at radius 2 is 1.79 bits per heavy atom. The van der Waals surface area contributed by atoms with Gasteiger partial charge in [-0.15, -0.1) is 0 Å². The van der Waals surface area contributed by atoms with E-state index in [1.165, 1.54) is 0 Å². The molecule has 0 aromatic carbocycles. The summed E-state index contributed by atoms with van der Waals surface area (Å²) in [5, 5.41) is 0. The molecule has 1 fully saturated rings. The van der Waals surface area contributed by atoms with Gasteiger partial charge < -0.3 is 5.73 Å². The molecule has 0 aliphatic heterocycles. The van der Waals surface area contributed by atoms with Crippen LogP contribution in [0.25, 0.3) is 0 Å². The minimum Gasteiger partial charge on any atom is -0.328 e. The van der Waals surface area contributed by atoms with Crippen LogP contribution in [0.1, 0.15) is 33.6 Å². The molecule has 0 aromatic heterocycles. The first-order valence-electron chi connectivity index (χ1n) is 4.75. The first-order valence-corrected chi connectivity index (χ1v) is 6.23. The summed E-state index contributed by atoms with van der Waals surface area (Å²) in [6, 6.07) is 0.155. The molecule has 14 heavy (non-hydrogen) atoms. The fourth-order valence-corrected chi connectivity index (χ4v) is 2.91. The summed E-state index contributed by atoms with van der Waals surface area (Å²) in [6.07, 6.45) is 1.45. The Kier molecular flexibility index (Phi) is 3.20. The molecule has 4 N–H and O–H groups in total. The first-order chi connectivity index (χ1) is 6.18. The molecular formula is C8H19N3O2S. The maximum Gasteiger partial charge on any atom is 0.277 e. The van der Waals surface area contributed by atoms with Gasteiger partial charge in [-0.1, -0.05) is 0 Å². The fraction of sp³-hybridized carbons (Fsp3) is 1.00. The third-order valence-electron chi connectivity index (χ3n) is 1.94. The number of hydrogen-bond donors (Lipinski definition) is 3. The Morgan fingerprint density at radius 1 is 1.29 bits per heavy atom. The van der Waals surface area contributed by atoms with Crippen LogP contribution in [-0.2, 0) is 10.2 Å². The predicted octanol–water partition coefficient (Wildman–Crippen LogP) is -0.301. The second-order valence-corrected chi connectivity index (χ2v) is 6.35. The number of nitrogens with two attached hydrogens (primary N) is 1. The summed E-state index contributed by atoms with van der Waals surface area (Å²) in [5.41, 5.74) is 5.11. The molecule has 0 aromatic rings. The van der Waals surface area contributed by atoms with Crippen LogP contribution in [0.3, 0.4) is 0 Å². The molecule has 84 valence electrons. The van der Waals surface area contributed by atoms with Crippen molar-refractivity contribution in [3.63, 3.8) is 0 Å². The summed E-state index contributed by atoms with van der Waals surface area (Å²) in [7, 11) is -3.38. The van der Waals surface area contributed by atoms with E-state index in [-0.39, 0.29) is 12.1 Å². The van der Waals surface area contributed by atoms with Gasteiger partial charge in [-0.05, 0) is 33.6 Å². The molecule has 1 rings (SSSR count). The Morgan fingerprint density at radius 3 is 2.14 bits per heavy atom. The van der Waals surface area contributed by atoms with Crippen LogP contribution in [0.15, 0.2) is 0 Å². The minimum atomic E-state index is -3.38. The number of nitrogens with one attached hydrogen (secondary N) is 2. The lowest BCUT2D eigenvalue weighted by Crippen LogP contribution is -2.55. The maximum atomic E-state index is 11.5. The van der Waals surface area contributed by atoms with E-state index >= 15 is 0 Å². The highest BCUT2D eigenvalue weighted by Gasteiger charge is 2.30. The van der Waals surface area contributed by atoms with E-state index in [9.17, 15) is 8.42 Å². The van der Waals surface area contributed by atoms with Crippen LogP contribution in [-0.4, -0.2) is 26.0 Å². The molecule has 0 spiro atoms. The molecule has 0 unspecified atom stereocenters. The van der Waals surface area contributed by atoms with E-state index in [0.29, 0.717) is 0 Å². The van der Waals surface area contributed by atoms with Crippen molar-refractivity contribution >= 4 is 10.2 Å². The largest absolute Gasteiger partial charge is 0.328 e. The van der Waals surface area contributed by atoms with E-state index in [1.807, 2.05) is 0 Å². The van der Waals surface area contributed by atoms with Crippen LogP contribution in [0.4, 0.5) is 0 Å². The van der Waals surface area contributed by atoms with Gasteiger partial charge in [0.1, 0.15) is 0 Å². The first kappa shape index (κ1) is 11.9.